The number of rotatable bonds is 3. The molecule has 0 spiro atoms. The van der Waals surface area contributed by atoms with Crippen molar-refractivity contribution in [2.24, 2.45) is 0 Å². The van der Waals surface area contributed by atoms with Gasteiger partial charge in [-0.3, -0.25) is 0 Å². The third-order valence-corrected chi connectivity index (χ3v) is 4.85. The Morgan fingerprint density at radius 2 is 1.96 bits per heavy atom. The SMILES string of the molecule is N#C/C(=C/c1ccc(O)cc1)c1nc(-c2cc3ccccc3oc2=O)cs1. The molecule has 2 aromatic heterocycles. The second kappa shape index (κ2) is 6.90. The first-order valence-corrected chi connectivity index (χ1v) is 8.92. The highest BCUT2D eigenvalue weighted by atomic mass is 32.1. The first-order chi connectivity index (χ1) is 13.1. The van der Waals surface area contributed by atoms with Gasteiger partial charge in [0.2, 0.25) is 0 Å². The van der Waals surface area contributed by atoms with Crippen LogP contribution in [0, 0.1) is 11.3 Å². The Morgan fingerprint density at radius 3 is 2.74 bits per heavy atom. The lowest BCUT2D eigenvalue weighted by atomic mass is 10.1. The lowest BCUT2D eigenvalue weighted by Gasteiger charge is -1.99. The van der Waals surface area contributed by atoms with Gasteiger partial charge < -0.3 is 9.52 Å². The molecule has 0 aliphatic rings. The van der Waals surface area contributed by atoms with Crippen molar-refractivity contribution in [2.45, 2.75) is 0 Å². The second-order valence-corrected chi connectivity index (χ2v) is 6.64. The van der Waals surface area contributed by atoms with Crippen LogP contribution in [0.1, 0.15) is 10.6 Å². The topological polar surface area (TPSA) is 87.1 Å². The molecule has 5 nitrogen and oxygen atoms in total. The molecular weight excluding hydrogens is 360 g/mol. The first kappa shape index (κ1) is 16.8. The molecule has 2 heterocycles. The third kappa shape index (κ3) is 3.36. The maximum Gasteiger partial charge on any atom is 0.345 e. The van der Waals surface area contributed by atoms with Gasteiger partial charge in [0.25, 0.3) is 0 Å². The summed E-state index contributed by atoms with van der Waals surface area (Å²) >= 11 is 1.28. The number of fused-ring (bicyclic) bond motifs is 1. The van der Waals surface area contributed by atoms with E-state index in [0.717, 1.165) is 10.9 Å². The van der Waals surface area contributed by atoms with Crippen molar-refractivity contribution in [3.05, 3.63) is 81.0 Å². The van der Waals surface area contributed by atoms with E-state index in [-0.39, 0.29) is 5.75 Å². The molecule has 27 heavy (non-hydrogen) atoms. The van der Waals surface area contributed by atoms with Gasteiger partial charge in [0, 0.05) is 10.8 Å². The smallest absolute Gasteiger partial charge is 0.345 e. The van der Waals surface area contributed by atoms with Crippen molar-refractivity contribution in [1.82, 2.24) is 4.98 Å². The molecular formula is C21H12N2O3S. The van der Waals surface area contributed by atoms with Gasteiger partial charge in [-0.15, -0.1) is 11.3 Å². The Morgan fingerprint density at radius 1 is 1.19 bits per heavy atom. The van der Waals surface area contributed by atoms with Crippen LogP contribution in [0.15, 0.2) is 69.2 Å². The van der Waals surface area contributed by atoms with E-state index in [0.29, 0.717) is 27.4 Å². The highest BCUT2D eigenvalue weighted by molar-refractivity contribution is 7.11. The molecule has 0 aliphatic carbocycles. The van der Waals surface area contributed by atoms with E-state index in [4.69, 9.17) is 4.42 Å². The lowest BCUT2D eigenvalue weighted by Crippen LogP contribution is -2.02. The van der Waals surface area contributed by atoms with Gasteiger partial charge in [0.1, 0.15) is 22.4 Å². The minimum absolute atomic E-state index is 0.158. The molecule has 0 radical (unpaired) electrons. The summed E-state index contributed by atoms with van der Waals surface area (Å²) in [4.78, 5) is 16.8. The largest absolute Gasteiger partial charge is 0.508 e. The zero-order chi connectivity index (χ0) is 18.8. The van der Waals surface area contributed by atoms with Gasteiger partial charge in [0.15, 0.2) is 0 Å². The van der Waals surface area contributed by atoms with Gasteiger partial charge in [-0.05, 0) is 35.9 Å². The molecule has 0 amide bonds. The Kier molecular flexibility index (Phi) is 4.29. The maximum absolute atomic E-state index is 12.3. The summed E-state index contributed by atoms with van der Waals surface area (Å²) in [6, 6.07) is 17.7. The fraction of sp³-hybridized carbons (Fsp3) is 0. The molecule has 0 saturated carbocycles. The standard InChI is InChI=1S/C21H12N2O3S/c22-11-15(9-13-5-7-16(24)8-6-13)20-23-18(12-27-20)17-10-14-3-1-2-4-19(14)26-21(17)25/h1-10,12,24H/b15-9-. The number of hydrogen-bond donors (Lipinski definition) is 1. The van der Waals surface area contributed by atoms with Gasteiger partial charge in [0.05, 0.1) is 16.8 Å². The summed E-state index contributed by atoms with van der Waals surface area (Å²) in [6.45, 7) is 0. The average Bonchev–Trinajstić information content (AvgIpc) is 3.16. The van der Waals surface area contributed by atoms with Crippen LogP contribution in [0.3, 0.4) is 0 Å². The van der Waals surface area contributed by atoms with Crippen LogP contribution in [0.5, 0.6) is 5.75 Å². The number of phenolic OH excluding ortho intramolecular Hbond substituents is 1. The zero-order valence-electron chi connectivity index (χ0n) is 13.9. The van der Waals surface area contributed by atoms with E-state index in [1.54, 1.807) is 53.9 Å². The Balaban J connectivity index is 1.75. The van der Waals surface area contributed by atoms with Crippen LogP contribution in [0.2, 0.25) is 0 Å². The third-order valence-electron chi connectivity index (χ3n) is 3.98. The number of hydrogen-bond acceptors (Lipinski definition) is 6. The van der Waals surface area contributed by atoms with Crippen LogP contribution in [-0.4, -0.2) is 10.1 Å². The van der Waals surface area contributed by atoms with Gasteiger partial charge >= 0.3 is 5.63 Å². The molecule has 1 N–H and O–H groups in total. The number of aromatic nitrogens is 1. The van der Waals surface area contributed by atoms with Crippen LogP contribution >= 0.6 is 11.3 Å². The number of aromatic hydroxyl groups is 1. The van der Waals surface area contributed by atoms with Crippen LogP contribution < -0.4 is 5.63 Å². The molecule has 0 atom stereocenters. The fourth-order valence-electron chi connectivity index (χ4n) is 2.64. The first-order valence-electron chi connectivity index (χ1n) is 8.04. The van der Waals surface area contributed by atoms with Crippen molar-refractivity contribution < 1.29 is 9.52 Å². The minimum atomic E-state index is -0.466. The van der Waals surface area contributed by atoms with Gasteiger partial charge in [-0.1, -0.05) is 30.3 Å². The molecule has 0 unspecified atom stereocenters. The molecule has 0 bridgehead atoms. The van der Waals surface area contributed by atoms with Crippen molar-refractivity contribution in [1.29, 1.82) is 5.26 Å². The van der Waals surface area contributed by atoms with E-state index in [1.807, 2.05) is 12.1 Å². The molecule has 0 aliphatic heterocycles. The quantitative estimate of drug-likeness (QED) is 0.416. The van der Waals surface area contributed by atoms with Crippen molar-refractivity contribution in [3.8, 4) is 23.1 Å². The number of benzene rings is 2. The second-order valence-electron chi connectivity index (χ2n) is 5.78. The summed E-state index contributed by atoms with van der Waals surface area (Å²) in [5.74, 6) is 0.158. The number of nitrogens with zero attached hydrogens (tertiary/aromatic N) is 2. The highest BCUT2D eigenvalue weighted by Gasteiger charge is 2.13. The number of nitriles is 1. The number of allylic oxidation sites excluding steroid dienone is 1. The van der Waals surface area contributed by atoms with Crippen molar-refractivity contribution >= 4 is 34.0 Å². The number of thiazole rings is 1. The molecule has 2 aromatic carbocycles. The summed E-state index contributed by atoms with van der Waals surface area (Å²) < 4.78 is 5.36. The molecule has 0 saturated heterocycles. The monoisotopic (exact) mass is 372 g/mol. The number of para-hydroxylation sites is 1. The van der Waals surface area contributed by atoms with E-state index < -0.39 is 5.63 Å². The lowest BCUT2D eigenvalue weighted by molar-refractivity contribution is 0.475. The van der Waals surface area contributed by atoms with Gasteiger partial charge in [-0.2, -0.15) is 5.26 Å². The van der Waals surface area contributed by atoms with E-state index in [9.17, 15) is 15.2 Å². The predicted octanol–water partition coefficient (Wildman–Crippen LogP) is 4.69. The van der Waals surface area contributed by atoms with Gasteiger partial charge in [-0.25, -0.2) is 9.78 Å². The van der Waals surface area contributed by atoms with Crippen molar-refractivity contribution in [3.63, 3.8) is 0 Å². The Labute approximate surface area is 158 Å². The van der Waals surface area contributed by atoms with Crippen LogP contribution in [0.4, 0.5) is 0 Å². The van der Waals surface area contributed by atoms with Crippen molar-refractivity contribution in [2.75, 3.05) is 0 Å². The number of phenols is 1. The normalized spacial score (nSPS) is 11.4. The predicted molar refractivity (Wildman–Crippen MR) is 105 cm³/mol. The Hall–Kier alpha value is -3.69. The molecule has 130 valence electrons. The summed E-state index contributed by atoms with van der Waals surface area (Å²) in [7, 11) is 0. The molecule has 4 rings (SSSR count). The zero-order valence-corrected chi connectivity index (χ0v) is 14.7. The molecule has 4 aromatic rings. The summed E-state index contributed by atoms with van der Waals surface area (Å²) in [6.07, 6.45) is 1.69. The molecule has 0 fully saturated rings. The summed E-state index contributed by atoms with van der Waals surface area (Å²) in [5, 5.41) is 21.9. The average molecular weight is 372 g/mol. The highest BCUT2D eigenvalue weighted by Crippen LogP contribution is 2.27. The van der Waals surface area contributed by atoms with Crippen LogP contribution in [-0.2, 0) is 0 Å². The summed E-state index contributed by atoms with van der Waals surface area (Å²) in [5.41, 5.74) is 2.03. The minimum Gasteiger partial charge on any atom is -0.508 e. The van der Waals surface area contributed by atoms with E-state index >= 15 is 0 Å². The Bertz CT molecular complexity index is 1260. The molecule has 6 heteroatoms. The maximum atomic E-state index is 12.3. The van der Waals surface area contributed by atoms with Crippen LogP contribution in [0.25, 0.3) is 33.9 Å². The fourth-order valence-corrected chi connectivity index (χ4v) is 3.43. The van der Waals surface area contributed by atoms with E-state index in [1.165, 1.54) is 11.3 Å². The van der Waals surface area contributed by atoms with E-state index in [2.05, 4.69) is 11.1 Å².